The Balaban J connectivity index is 1.88. The summed E-state index contributed by atoms with van der Waals surface area (Å²) in [5.74, 6) is 2.80. The number of nitrogens with zero attached hydrogens (tertiary/aromatic N) is 5. The van der Waals surface area contributed by atoms with Gasteiger partial charge in [-0.25, -0.2) is 9.97 Å². The Morgan fingerprint density at radius 1 is 1.24 bits per heavy atom. The van der Waals surface area contributed by atoms with Crippen LogP contribution in [0.1, 0.15) is 37.8 Å². The van der Waals surface area contributed by atoms with Gasteiger partial charge in [0.1, 0.15) is 22.5 Å². The monoisotopic (exact) mass is 304 g/mol. The van der Waals surface area contributed by atoms with Gasteiger partial charge in [-0.1, -0.05) is 13.3 Å². The number of rotatable bonds is 4. The van der Waals surface area contributed by atoms with Crippen LogP contribution < -0.4 is 5.32 Å². The second kappa shape index (κ2) is 6.43. The van der Waals surface area contributed by atoms with Crippen LogP contribution in [0.4, 0.5) is 5.82 Å². The van der Waals surface area contributed by atoms with Crippen LogP contribution in [0, 0.1) is 0 Å². The highest BCUT2D eigenvalue weighted by atomic mass is 32.2. The molecule has 2 aromatic heterocycles. The number of hydrogen-bond donors (Lipinski definition) is 1. The molecule has 1 N–H and O–H groups in total. The van der Waals surface area contributed by atoms with Crippen LogP contribution in [0.2, 0.25) is 0 Å². The van der Waals surface area contributed by atoms with Crippen LogP contribution in [0.25, 0.3) is 0 Å². The van der Waals surface area contributed by atoms with Crippen LogP contribution in [0.3, 0.4) is 0 Å². The quantitative estimate of drug-likeness (QED) is 0.876. The first-order chi connectivity index (χ1) is 10.3. The summed E-state index contributed by atoms with van der Waals surface area (Å²) in [6.07, 6.45) is 5.52. The Hall–Kier alpha value is -1.63. The molecule has 0 amide bonds. The van der Waals surface area contributed by atoms with Gasteiger partial charge < -0.3 is 9.88 Å². The smallest absolute Gasteiger partial charge is 0.197 e. The van der Waals surface area contributed by atoms with E-state index in [9.17, 15) is 0 Å². The summed E-state index contributed by atoms with van der Waals surface area (Å²) in [6.45, 7) is 3.07. The zero-order chi connectivity index (χ0) is 14.7. The van der Waals surface area contributed by atoms with Crippen molar-refractivity contribution in [2.24, 2.45) is 0 Å². The number of aryl methyl sites for hydroxylation is 2. The highest BCUT2D eigenvalue weighted by Crippen LogP contribution is 2.28. The zero-order valence-corrected chi connectivity index (χ0v) is 13.3. The third kappa shape index (κ3) is 3.18. The van der Waals surface area contributed by atoms with Crippen molar-refractivity contribution in [3.8, 4) is 0 Å². The van der Waals surface area contributed by atoms with Crippen molar-refractivity contribution in [3.63, 3.8) is 0 Å². The summed E-state index contributed by atoms with van der Waals surface area (Å²) in [6, 6.07) is 1.96. The van der Waals surface area contributed by atoms with Gasteiger partial charge in [-0.15, -0.1) is 10.2 Å². The molecular weight excluding hydrogens is 284 g/mol. The largest absolute Gasteiger partial charge is 0.373 e. The van der Waals surface area contributed by atoms with Gasteiger partial charge in [-0.3, -0.25) is 0 Å². The van der Waals surface area contributed by atoms with Gasteiger partial charge >= 0.3 is 0 Å². The van der Waals surface area contributed by atoms with Gasteiger partial charge in [-0.2, -0.15) is 0 Å². The molecule has 0 saturated heterocycles. The SMILES string of the molecule is CCc1nc(NC)cc(Sc2nnc3n2CCCCC3)n1. The average Bonchev–Trinajstić information content (AvgIpc) is 2.74. The van der Waals surface area contributed by atoms with Crippen molar-refractivity contribution >= 4 is 17.6 Å². The normalized spacial score (nSPS) is 14.6. The van der Waals surface area contributed by atoms with Gasteiger partial charge in [0.2, 0.25) is 0 Å². The summed E-state index contributed by atoms with van der Waals surface area (Å²) in [4.78, 5) is 9.00. The molecule has 0 spiro atoms. The molecule has 0 aliphatic carbocycles. The molecule has 7 heteroatoms. The van der Waals surface area contributed by atoms with Gasteiger partial charge in [0.25, 0.3) is 0 Å². The Morgan fingerprint density at radius 2 is 2.14 bits per heavy atom. The fraction of sp³-hybridized carbons (Fsp3) is 0.571. The van der Waals surface area contributed by atoms with E-state index in [1.165, 1.54) is 19.3 Å². The van der Waals surface area contributed by atoms with Crippen molar-refractivity contribution in [2.75, 3.05) is 12.4 Å². The predicted octanol–water partition coefficient (Wildman–Crippen LogP) is 2.55. The fourth-order valence-electron chi connectivity index (χ4n) is 2.44. The number of nitrogens with one attached hydrogen (secondary N) is 1. The van der Waals surface area contributed by atoms with Crippen LogP contribution in [0.5, 0.6) is 0 Å². The van der Waals surface area contributed by atoms with Crippen molar-refractivity contribution in [3.05, 3.63) is 17.7 Å². The van der Waals surface area contributed by atoms with Gasteiger partial charge in [0.15, 0.2) is 5.16 Å². The third-order valence-electron chi connectivity index (χ3n) is 3.59. The highest BCUT2D eigenvalue weighted by molar-refractivity contribution is 7.99. The van der Waals surface area contributed by atoms with Crippen molar-refractivity contribution < 1.29 is 0 Å². The molecule has 0 bridgehead atoms. The van der Waals surface area contributed by atoms with Crippen molar-refractivity contribution in [2.45, 2.75) is 55.8 Å². The molecule has 21 heavy (non-hydrogen) atoms. The first-order valence-electron chi connectivity index (χ1n) is 7.45. The lowest BCUT2D eigenvalue weighted by Gasteiger charge is -2.08. The summed E-state index contributed by atoms with van der Waals surface area (Å²) in [5, 5.41) is 13.6. The molecule has 3 rings (SSSR count). The fourth-order valence-corrected chi connectivity index (χ4v) is 3.34. The number of anilines is 1. The molecular formula is C14H20N6S. The van der Waals surface area contributed by atoms with E-state index in [1.54, 1.807) is 11.8 Å². The van der Waals surface area contributed by atoms with Crippen molar-refractivity contribution in [1.29, 1.82) is 0 Å². The maximum absolute atomic E-state index is 4.58. The van der Waals surface area contributed by atoms with E-state index in [-0.39, 0.29) is 0 Å². The van der Waals surface area contributed by atoms with Crippen LogP contribution in [-0.4, -0.2) is 31.8 Å². The van der Waals surface area contributed by atoms with Gasteiger partial charge in [0, 0.05) is 32.5 Å². The van der Waals surface area contributed by atoms with E-state index in [0.717, 1.165) is 47.0 Å². The molecule has 3 heterocycles. The average molecular weight is 304 g/mol. The number of fused-ring (bicyclic) bond motifs is 1. The summed E-state index contributed by atoms with van der Waals surface area (Å²) in [7, 11) is 1.87. The lowest BCUT2D eigenvalue weighted by molar-refractivity contribution is 0.590. The van der Waals surface area contributed by atoms with E-state index in [2.05, 4.69) is 37.0 Å². The molecule has 0 radical (unpaired) electrons. The molecule has 1 aliphatic rings. The summed E-state index contributed by atoms with van der Waals surface area (Å²) < 4.78 is 2.24. The third-order valence-corrected chi connectivity index (χ3v) is 4.50. The Kier molecular flexibility index (Phi) is 4.38. The molecule has 6 nitrogen and oxygen atoms in total. The summed E-state index contributed by atoms with van der Waals surface area (Å²) in [5.41, 5.74) is 0. The minimum Gasteiger partial charge on any atom is -0.373 e. The topological polar surface area (TPSA) is 68.5 Å². The molecule has 112 valence electrons. The number of aromatic nitrogens is 5. The molecule has 1 aliphatic heterocycles. The molecule has 0 atom stereocenters. The highest BCUT2D eigenvalue weighted by Gasteiger charge is 2.16. The van der Waals surface area contributed by atoms with E-state index >= 15 is 0 Å². The molecule has 0 saturated carbocycles. The first-order valence-corrected chi connectivity index (χ1v) is 8.27. The molecule has 0 fully saturated rings. The maximum Gasteiger partial charge on any atom is 0.197 e. The van der Waals surface area contributed by atoms with Crippen LogP contribution in [0.15, 0.2) is 16.2 Å². The van der Waals surface area contributed by atoms with Gasteiger partial charge in [0.05, 0.1) is 0 Å². The number of hydrogen-bond acceptors (Lipinski definition) is 6. The van der Waals surface area contributed by atoms with E-state index in [1.807, 2.05) is 13.1 Å². The Bertz CT molecular complexity index is 602. The second-order valence-electron chi connectivity index (χ2n) is 5.07. The molecule has 2 aromatic rings. The van der Waals surface area contributed by atoms with E-state index in [4.69, 9.17) is 0 Å². The molecule has 0 aromatic carbocycles. The molecule has 0 unspecified atom stereocenters. The first kappa shape index (κ1) is 14.3. The lowest BCUT2D eigenvalue weighted by atomic mass is 10.2. The minimum absolute atomic E-state index is 0.820. The minimum atomic E-state index is 0.820. The van der Waals surface area contributed by atoms with Gasteiger partial charge in [-0.05, 0) is 24.6 Å². The zero-order valence-electron chi connectivity index (χ0n) is 12.5. The van der Waals surface area contributed by atoms with Crippen LogP contribution in [-0.2, 0) is 19.4 Å². The van der Waals surface area contributed by atoms with Crippen LogP contribution >= 0.6 is 11.8 Å². The lowest BCUT2D eigenvalue weighted by Crippen LogP contribution is -2.03. The Morgan fingerprint density at radius 3 is 2.95 bits per heavy atom. The second-order valence-corrected chi connectivity index (χ2v) is 6.06. The Labute approximate surface area is 128 Å². The van der Waals surface area contributed by atoms with E-state index in [0.29, 0.717) is 0 Å². The van der Waals surface area contributed by atoms with Crippen molar-refractivity contribution in [1.82, 2.24) is 24.7 Å². The van der Waals surface area contributed by atoms with E-state index < -0.39 is 0 Å². The predicted molar refractivity (Wildman–Crippen MR) is 82.7 cm³/mol. The standard InChI is InChI=1S/C14H20N6S/c1-3-10-16-11(15-2)9-13(17-10)21-14-19-18-12-7-5-4-6-8-20(12)14/h9H,3-8H2,1-2H3,(H,15,16,17). The summed E-state index contributed by atoms with van der Waals surface area (Å²) >= 11 is 1.58. The maximum atomic E-state index is 4.58.